The number of aromatic nitrogens is 1. The molecule has 3 rings (SSSR count). The first-order chi connectivity index (χ1) is 12.8. The summed E-state index contributed by atoms with van der Waals surface area (Å²) in [6.45, 7) is 9.57. The number of rotatable bonds is 5. The first kappa shape index (κ1) is 19.3. The first-order valence-electron chi connectivity index (χ1n) is 8.94. The number of methoxy groups -OCH3 is 1. The molecule has 1 fully saturated rings. The molecule has 142 valence electrons. The molecule has 1 N–H and O–H groups in total. The molecule has 0 unspecified atom stereocenters. The van der Waals surface area contributed by atoms with Gasteiger partial charge in [0.2, 0.25) is 0 Å². The Morgan fingerprint density at radius 3 is 2.67 bits per heavy atom. The summed E-state index contributed by atoms with van der Waals surface area (Å²) >= 11 is 5.45. The van der Waals surface area contributed by atoms with Crippen LogP contribution in [0.3, 0.4) is 0 Å². The van der Waals surface area contributed by atoms with Crippen LogP contribution in [0.15, 0.2) is 30.0 Å². The number of thiocarbonyl (C=S) groups is 1. The number of amides is 1. The molecule has 1 saturated heterocycles. The third-order valence-corrected chi connectivity index (χ3v) is 5.41. The third kappa shape index (κ3) is 3.55. The number of nitrogens with zero attached hydrogens (tertiary/aromatic N) is 2. The van der Waals surface area contributed by atoms with Gasteiger partial charge in [-0.15, -0.1) is 0 Å². The summed E-state index contributed by atoms with van der Waals surface area (Å²) in [5.74, 6) is -0.129. The fourth-order valence-electron chi connectivity index (χ4n) is 3.39. The highest BCUT2D eigenvalue weighted by atomic mass is 32.1. The fourth-order valence-corrected chi connectivity index (χ4v) is 3.68. The topological polar surface area (TPSA) is 46.5 Å². The Morgan fingerprint density at radius 1 is 1.22 bits per heavy atom. The Bertz CT molecular complexity index is 943. The van der Waals surface area contributed by atoms with Crippen molar-refractivity contribution in [3.63, 3.8) is 0 Å². The summed E-state index contributed by atoms with van der Waals surface area (Å²) < 4.78 is 7.38. The molecule has 1 amide bonds. The fraction of sp³-hybridized carbons (Fsp3) is 0.333. The summed E-state index contributed by atoms with van der Waals surface area (Å²) in [7, 11) is 1.70. The minimum atomic E-state index is -0.129. The van der Waals surface area contributed by atoms with Gasteiger partial charge in [-0.1, -0.05) is 12.1 Å². The van der Waals surface area contributed by atoms with Gasteiger partial charge in [0.15, 0.2) is 5.11 Å². The summed E-state index contributed by atoms with van der Waals surface area (Å²) in [6, 6.07) is 7.98. The minimum Gasteiger partial charge on any atom is -0.383 e. The van der Waals surface area contributed by atoms with E-state index >= 15 is 0 Å². The summed E-state index contributed by atoms with van der Waals surface area (Å²) in [6.07, 6.45) is 1.88. The molecule has 0 spiro atoms. The summed E-state index contributed by atoms with van der Waals surface area (Å²) in [5, 5.41) is 3.49. The molecule has 0 radical (unpaired) electrons. The highest BCUT2D eigenvalue weighted by molar-refractivity contribution is 7.80. The van der Waals surface area contributed by atoms with Crippen LogP contribution in [0.4, 0.5) is 5.69 Å². The molecule has 0 saturated carbocycles. The summed E-state index contributed by atoms with van der Waals surface area (Å²) in [4.78, 5) is 14.6. The number of benzene rings is 1. The molecule has 0 bridgehead atoms. The maximum atomic E-state index is 13.0. The van der Waals surface area contributed by atoms with E-state index in [9.17, 15) is 4.79 Å². The number of aryl methyl sites for hydroxylation is 2. The number of carbonyl (C=O) groups excluding carboxylic acids is 1. The lowest BCUT2D eigenvalue weighted by Crippen LogP contribution is -2.31. The first-order valence-corrected chi connectivity index (χ1v) is 9.35. The number of anilines is 1. The highest BCUT2D eigenvalue weighted by Crippen LogP contribution is 2.28. The van der Waals surface area contributed by atoms with Crippen molar-refractivity contribution in [2.45, 2.75) is 34.2 Å². The quantitative estimate of drug-likeness (QED) is 0.633. The number of ether oxygens (including phenoxy) is 1. The molecule has 2 heterocycles. The second-order valence-electron chi connectivity index (χ2n) is 6.82. The number of nitrogens with one attached hydrogen (secondary N) is 1. The van der Waals surface area contributed by atoms with Gasteiger partial charge in [-0.3, -0.25) is 9.69 Å². The van der Waals surface area contributed by atoms with Gasteiger partial charge in [0.25, 0.3) is 5.91 Å². The van der Waals surface area contributed by atoms with E-state index < -0.39 is 0 Å². The van der Waals surface area contributed by atoms with Crippen LogP contribution in [0.25, 0.3) is 6.08 Å². The van der Waals surface area contributed by atoms with Crippen LogP contribution in [-0.2, 0) is 16.1 Å². The van der Waals surface area contributed by atoms with E-state index in [4.69, 9.17) is 17.0 Å². The van der Waals surface area contributed by atoms with Gasteiger partial charge < -0.3 is 14.6 Å². The third-order valence-electron chi connectivity index (χ3n) is 5.13. The van der Waals surface area contributed by atoms with Gasteiger partial charge in [0.1, 0.15) is 5.70 Å². The Kier molecular flexibility index (Phi) is 5.48. The van der Waals surface area contributed by atoms with E-state index in [1.54, 1.807) is 12.0 Å². The predicted octanol–water partition coefficient (Wildman–Crippen LogP) is 3.63. The molecule has 1 aliphatic heterocycles. The molecular weight excluding hydrogens is 358 g/mol. The summed E-state index contributed by atoms with van der Waals surface area (Å²) in [5.41, 5.74) is 6.74. The van der Waals surface area contributed by atoms with E-state index in [0.29, 0.717) is 17.4 Å². The van der Waals surface area contributed by atoms with Crippen LogP contribution < -0.4 is 10.2 Å². The van der Waals surface area contributed by atoms with Crippen LogP contribution in [0, 0.1) is 27.7 Å². The smallest absolute Gasteiger partial charge is 0.281 e. The zero-order valence-electron chi connectivity index (χ0n) is 16.4. The Hall–Kier alpha value is -2.44. The zero-order chi connectivity index (χ0) is 19.7. The highest BCUT2D eigenvalue weighted by Gasteiger charge is 2.33. The molecule has 1 aromatic carbocycles. The molecule has 0 atom stereocenters. The van der Waals surface area contributed by atoms with Crippen molar-refractivity contribution in [3.05, 3.63) is 58.0 Å². The maximum absolute atomic E-state index is 13.0. The zero-order valence-corrected chi connectivity index (χ0v) is 17.2. The van der Waals surface area contributed by atoms with Crippen LogP contribution in [0.1, 0.15) is 28.1 Å². The van der Waals surface area contributed by atoms with Crippen molar-refractivity contribution in [2.24, 2.45) is 0 Å². The van der Waals surface area contributed by atoms with Crippen LogP contribution >= 0.6 is 12.2 Å². The number of carbonyl (C=O) groups is 1. The molecule has 1 aliphatic rings. The van der Waals surface area contributed by atoms with Crippen molar-refractivity contribution >= 4 is 35.0 Å². The lowest BCUT2D eigenvalue weighted by Gasteiger charge is -2.17. The predicted molar refractivity (Wildman–Crippen MR) is 113 cm³/mol. The Labute approximate surface area is 165 Å². The van der Waals surface area contributed by atoms with E-state index in [1.807, 2.05) is 38.1 Å². The lowest BCUT2D eigenvalue weighted by atomic mass is 10.1. The van der Waals surface area contributed by atoms with Crippen molar-refractivity contribution in [3.8, 4) is 0 Å². The van der Waals surface area contributed by atoms with Gasteiger partial charge in [-0.25, -0.2) is 0 Å². The minimum absolute atomic E-state index is 0.129. The second-order valence-corrected chi connectivity index (χ2v) is 7.21. The molecular formula is C21H25N3O2S. The van der Waals surface area contributed by atoms with Crippen LogP contribution in [-0.4, -0.2) is 29.3 Å². The molecule has 1 aromatic heterocycles. The van der Waals surface area contributed by atoms with Crippen molar-refractivity contribution in [2.75, 3.05) is 18.6 Å². The average molecular weight is 384 g/mol. The maximum Gasteiger partial charge on any atom is 0.281 e. The molecule has 5 nitrogen and oxygen atoms in total. The Balaban J connectivity index is 1.95. The van der Waals surface area contributed by atoms with E-state index in [1.165, 1.54) is 0 Å². The van der Waals surface area contributed by atoms with Crippen LogP contribution in [0.5, 0.6) is 0 Å². The largest absolute Gasteiger partial charge is 0.383 e. The van der Waals surface area contributed by atoms with E-state index in [0.717, 1.165) is 40.3 Å². The van der Waals surface area contributed by atoms with E-state index in [-0.39, 0.29) is 5.91 Å². The lowest BCUT2D eigenvalue weighted by molar-refractivity contribution is -0.113. The van der Waals surface area contributed by atoms with Crippen molar-refractivity contribution in [1.82, 2.24) is 9.88 Å². The van der Waals surface area contributed by atoms with Gasteiger partial charge in [0.05, 0.1) is 12.3 Å². The molecule has 2 aromatic rings. The number of hydrogen-bond acceptors (Lipinski definition) is 3. The van der Waals surface area contributed by atoms with E-state index in [2.05, 4.69) is 29.8 Å². The number of hydrogen-bond donors (Lipinski definition) is 1. The van der Waals surface area contributed by atoms with Gasteiger partial charge in [0, 0.05) is 25.0 Å². The molecule has 6 heteroatoms. The van der Waals surface area contributed by atoms with Gasteiger partial charge in [-0.2, -0.15) is 0 Å². The second kappa shape index (κ2) is 7.66. The Morgan fingerprint density at radius 2 is 1.96 bits per heavy atom. The van der Waals surface area contributed by atoms with Crippen molar-refractivity contribution < 1.29 is 9.53 Å². The van der Waals surface area contributed by atoms with Gasteiger partial charge >= 0.3 is 0 Å². The monoisotopic (exact) mass is 383 g/mol. The molecule has 0 aliphatic carbocycles. The van der Waals surface area contributed by atoms with Crippen LogP contribution in [0.2, 0.25) is 0 Å². The normalized spacial score (nSPS) is 15.7. The van der Waals surface area contributed by atoms with Gasteiger partial charge in [-0.05, 0) is 74.8 Å². The average Bonchev–Trinajstić information content (AvgIpc) is 3.05. The molecule has 27 heavy (non-hydrogen) atoms. The standard InChI is InChI=1S/C21H25N3O2S/c1-13-7-6-8-19(15(13)3)24-20(25)18(22-21(24)27)12-17-11-14(2)23(16(17)4)9-10-26-5/h6-8,11-12H,9-10H2,1-5H3,(H,22,27). The SMILES string of the molecule is COCCn1c(C)cc(C=C2NC(=S)N(c3cccc(C)c3C)C2=O)c1C. The van der Waals surface area contributed by atoms with Crippen molar-refractivity contribution in [1.29, 1.82) is 0 Å².